The molecule has 6 nitrogen and oxygen atoms in total. The molecule has 1 aromatic rings. The lowest BCUT2D eigenvalue weighted by Gasteiger charge is -2.18. The summed E-state index contributed by atoms with van der Waals surface area (Å²) in [5.74, 6) is -3.49. The number of pyridine rings is 1. The number of aliphatic carboxylic acids is 2. The molecule has 0 saturated heterocycles. The summed E-state index contributed by atoms with van der Waals surface area (Å²) in [6.07, 6.45) is -5.08. The third kappa shape index (κ3) is 8.47. The Balaban J connectivity index is 0.000000640. The van der Waals surface area contributed by atoms with Crippen LogP contribution in [0.2, 0.25) is 0 Å². The van der Waals surface area contributed by atoms with Crippen LogP contribution in [0, 0.1) is 19.8 Å². The summed E-state index contributed by atoms with van der Waals surface area (Å²) in [5, 5.41) is 19.2. The van der Waals surface area contributed by atoms with Crippen LogP contribution in [0.3, 0.4) is 0 Å². The number of halogens is 3. The maximum absolute atomic E-state index is 11.0. The van der Waals surface area contributed by atoms with Gasteiger partial charge in [-0.05, 0) is 37.5 Å². The van der Waals surface area contributed by atoms with Crippen LogP contribution in [0.4, 0.5) is 13.2 Å². The molecule has 0 spiro atoms. The van der Waals surface area contributed by atoms with Crippen LogP contribution in [0.5, 0.6) is 0 Å². The van der Waals surface area contributed by atoms with Crippen molar-refractivity contribution in [2.45, 2.75) is 46.5 Å². The summed E-state index contributed by atoms with van der Waals surface area (Å²) in [5.41, 5.74) is 2.98. The maximum atomic E-state index is 11.0. The number of carboxylic acid groups (broad SMARTS) is 2. The van der Waals surface area contributed by atoms with Crippen molar-refractivity contribution in [3.05, 3.63) is 29.1 Å². The van der Waals surface area contributed by atoms with E-state index in [2.05, 4.69) is 10.3 Å². The molecule has 136 valence electrons. The number of hydrogen-bond donors (Lipinski definition) is 3. The Kier molecular flexibility index (Phi) is 8.38. The molecule has 0 amide bonds. The van der Waals surface area contributed by atoms with E-state index in [1.807, 2.05) is 39.8 Å². The van der Waals surface area contributed by atoms with Crippen LogP contribution >= 0.6 is 0 Å². The first-order chi connectivity index (χ1) is 10.8. The van der Waals surface area contributed by atoms with E-state index in [1.54, 1.807) is 0 Å². The predicted molar refractivity (Wildman–Crippen MR) is 80.5 cm³/mol. The molecule has 0 radical (unpaired) electrons. The summed E-state index contributed by atoms with van der Waals surface area (Å²) in [4.78, 5) is 24.2. The first-order valence-corrected chi connectivity index (χ1v) is 7.05. The SMILES string of the molecule is Cc1cc(CNC(C(=O)O)C(C)C)cc(C)n1.O=C(O)C(F)(F)F. The zero-order chi connectivity index (χ0) is 19.1. The average Bonchev–Trinajstić information content (AvgIpc) is 2.36. The number of carbonyl (C=O) groups is 2. The van der Waals surface area contributed by atoms with Crippen LogP contribution < -0.4 is 5.32 Å². The Hall–Kier alpha value is -2.16. The number of nitrogens with zero attached hydrogens (tertiary/aromatic N) is 1. The van der Waals surface area contributed by atoms with E-state index in [0.717, 1.165) is 17.0 Å². The largest absolute Gasteiger partial charge is 0.490 e. The van der Waals surface area contributed by atoms with E-state index >= 15 is 0 Å². The van der Waals surface area contributed by atoms with Crippen LogP contribution in [-0.4, -0.2) is 39.4 Å². The van der Waals surface area contributed by atoms with Crippen LogP contribution in [0.25, 0.3) is 0 Å². The molecule has 1 aromatic heterocycles. The lowest BCUT2D eigenvalue weighted by Crippen LogP contribution is -2.40. The fourth-order valence-corrected chi connectivity index (χ4v) is 1.86. The molecule has 1 rings (SSSR count). The number of rotatable bonds is 5. The van der Waals surface area contributed by atoms with Crippen LogP contribution in [0.1, 0.15) is 30.8 Å². The van der Waals surface area contributed by atoms with Crippen molar-refractivity contribution in [3.63, 3.8) is 0 Å². The minimum Gasteiger partial charge on any atom is -0.480 e. The number of nitrogens with one attached hydrogen (secondary N) is 1. The average molecular weight is 350 g/mol. The van der Waals surface area contributed by atoms with Gasteiger partial charge in [0, 0.05) is 17.9 Å². The van der Waals surface area contributed by atoms with E-state index in [4.69, 9.17) is 15.0 Å². The van der Waals surface area contributed by atoms with E-state index in [-0.39, 0.29) is 5.92 Å². The number of aryl methyl sites for hydroxylation is 2. The summed E-state index contributed by atoms with van der Waals surface area (Å²) >= 11 is 0. The van der Waals surface area contributed by atoms with Gasteiger partial charge in [-0.15, -0.1) is 0 Å². The van der Waals surface area contributed by atoms with Gasteiger partial charge in [0.05, 0.1) is 0 Å². The monoisotopic (exact) mass is 350 g/mol. The van der Waals surface area contributed by atoms with Gasteiger partial charge in [0.2, 0.25) is 0 Å². The fraction of sp³-hybridized carbons (Fsp3) is 0.533. The molecule has 0 aliphatic heterocycles. The molecule has 0 bridgehead atoms. The molecular formula is C15H21F3N2O4. The Morgan fingerprint density at radius 1 is 1.17 bits per heavy atom. The molecule has 0 fully saturated rings. The second kappa shape index (κ2) is 9.21. The van der Waals surface area contributed by atoms with E-state index in [1.165, 1.54) is 0 Å². The van der Waals surface area contributed by atoms with Gasteiger partial charge < -0.3 is 15.5 Å². The van der Waals surface area contributed by atoms with Crippen molar-refractivity contribution < 1.29 is 33.0 Å². The Labute approximate surface area is 137 Å². The third-order valence-electron chi connectivity index (χ3n) is 2.84. The molecule has 24 heavy (non-hydrogen) atoms. The number of hydrogen-bond acceptors (Lipinski definition) is 4. The van der Waals surface area contributed by atoms with E-state index in [0.29, 0.717) is 6.54 Å². The summed E-state index contributed by atoms with van der Waals surface area (Å²) < 4.78 is 31.7. The smallest absolute Gasteiger partial charge is 0.480 e. The maximum Gasteiger partial charge on any atom is 0.490 e. The van der Waals surface area contributed by atoms with Crippen molar-refractivity contribution in [1.29, 1.82) is 0 Å². The Morgan fingerprint density at radius 2 is 1.58 bits per heavy atom. The molecule has 3 N–H and O–H groups in total. The lowest BCUT2D eigenvalue weighted by molar-refractivity contribution is -0.192. The highest BCUT2D eigenvalue weighted by molar-refractivity contribution is 5.73. The van der Waals surface area contributed by atoms with Crippen molar-refractivity contribution in [2.75, 3.05) is 0 Å². The molecule has 0 aromatic carbocycles. The van der Waals surface area contributed by atoms with Gasteiger partial charge in [-0.2, -0.15) is 13.2 Å². The molecule has 0 saturated carbocycles. The zero-order valence-electron chi connectivity index (χ0n) is 13.8. The second-order valence-corrected chi connectivity index (χ2v) is 5.50. The first kappa shape index (κ1) is 21.8. The minimum absolute atomic E-state index is 0.0662. The molecule has 1 heterocycles. The van der Waals surface area contributed by atoms with Crippen molar-refractivity contribution in [3.8, 4) is 0 Å². The van der Waals surface area contributed by atoms with Gasteiger partial charge in [-0.1, -0.05) is 13.8 Å². The minimum atomic E-state index is -5.08. The number of alkyl halides is 3. The van der Waals surface area contributed by atoms with E-state index < -0.39 is 24.2 Å². The van der Waals surface area contributed by atoms with Gasteiger partial charge in [-0.25, -0.2) is 4.79 Å². The van der Waals surface area contributed by atoms with Crippen molar-refractivity contribution in [1.82, 2.24) is 10.3 Å². The number of carboxylic acids is 2. The quantitative estimate of drug-likeness (QED) is 0.755. The van der Waals surface area contributed by atoms with Gasteiger partial charge in [-0.3, -0.25) is 9.78 Å². The second-order valence-electron chi connectivity index (χ2n) is 5.50. The highest BCUT2D eigenvalue weighted by Gasteiger charge is 2.38. The summed E-state index contributed by atoms with van der Waals surface area (Å²) in [7, 11) is 0. The lowest BCUT2D eigenvalue weighted by atomic mass is 10.0. The standard InChI is InChI=1S/C13H20N2O2.C2HF3O2/c1-8(2)12(13(16)17)14-7-11-5-9(3)15-10(4)6-11;3-2(4,5)1(6)7/h5-6,8,12,14H,7H2,1-4H3,(H,16,17);(H,6,7). The normalized spacial score (nSPS) is 12.3. The van der Waals surface area contributed by atoms with Gasteiger partial charge >= 0.3 is 18.1 Å². The zero-order valence-corrected chi connectivity index (χ0v) is 13.8. The Morgan fingerprint density at radius 3 is 1.88 bits per heavy atom. The molecule has 9 heteroatoms. The molecule has 0 aliphatic carbocycles. The van der Waals surface area contributed by atoms with Crippen molar-refractivity contribution in [2.24, 2.45) is 5.92 Å². The van der Waals surface area contributed by atoms with Crippen molar-refractivity contribution >= 4 is 11.9 Å². The summed E-state index contributed by atoms with van der Waals surface area (Å²) in [6, 6.07) is 3.43. The predicted octanol–water partition coefficient (Wildman–Crippen LogP) is 2.53. The highest BCUT2D eigenvalue weighted by atomic mass is 19.4. The highest BCUT2D eigenvalue weighted by Crippen LogP contribution is 2.13. The van der Waals surface area contributed by atoms with Gasteiger partial charge in [0.25, 0.3) is 0 Å². The van der Waals surface area contributed by atoms with Gasteiger partial charge in [0.1, 0.15) is 6.04 Å². The molecule has 1 atom stereocenters. The topological polar surface area (TPSA) is 99.5 Å². The summed E-state index contributed by atoms with van der Waals surface area (Å²) in [6.45, 7) is 8.23. The van der Waals surface area contributed by atoms with Gasteiger partial charge in [0.15, 0.2) is 0 Å². The Bertz CT molecular complexity index is 554. The fourth-order valence-electron chi connectivity index (χ4n) is 1.86. The third-order valence-corrected chi connectivity index (χ3v) is 2.84. The number of aromatic nitrogens is 1. The molecular weight excluding hydrogens is 329 g/mol. The van der Waals surface area contributed by atoms with Crippen LogP contribution in [0.15, 0.2) is 12.1 Å². The first-order valence-electron chi connectivity index (χ1n) is 7.05. The van der Waals surface area contributed by atoms with Crippen LogP contribution in [-0.2, 0) is 16.1 Å². The molecule has 1 unspecified atom stereocenters. The van der Waals surface area contributed by atoms with E-state index in [9.17, 15) is 18.0 Å². The molecule has 0 aliphatic rings.